The highest BCUT2D eigenvalue weighted by atomic mass is 16.2. The molecule has 2 fully saturated rings. The first kappa shape index (κ1) is 9.00. The lowest BCUT2D eigenvalue weighted by Gasteiger charge is -2.46. The van der Waals surface area contributed by atoms with Gasteiger partial charge in [-0.2, -0.15) is 0 Å². The lowest BCUT2D eigenvalue weighted by Crippen LogP contribution is -2.49. The molecule has 1 heterocycles. The number of nitrogens with one attached hydrogen (secondary N) is 1. The molecule has 0 radical (unpaired) electrons. The number of hydrogen-bond donors (Lipinski definition) is 1. The molecule has 2 atom stereocenters. The standard InChI is InChI=1S/C10H18N2O/c1-12(2)9(13)8-3-4-10(8)5-6-11-7-10/h8,11H,3-7H2,1-2H3. The second kappa shape index (κ2) is 2.98. The maximum Gasteiger partial charge on any atom is 0.225 e. The summed E-state index contributed by atoms with van der Waals surface area (Å²) in [5, 5.41) is 3.37. The average molecular weight is 182 g/mol. The van der Waals surface area contributed by atoms with Gasteiger partial charge in [-0.1, -0.05) is 0 Å². The maximum absolute atomic E-state index is 11.8. The van der Waals surface area contributed by atoms with Crippen molar-refractivity contribution in [1.82, 2.24) is 10.2 Å². The summed E-state index contributed by atoms with van der Waals surface area (Å²) in [6.45, 7) is 2.15. The molecular formula is C10H18N2O. The highest BCUT2D eigenvalue weighted by Crippen LogP contribution is 2.51. The number of carbonyl (C=O) groups is 1. The summed E-state index contributed by atoms with van der Waals surface area (Å²) in [7, 11) is 3.72. The second-order valence-electron chi connectivity index (χ2n) is 4.61. The molecule has 3 heteroatoms. The molecule has 13 heavy (non-hydrogen) atoms. The highest BCUT2D eigenvalue weighted by Gasteiger charge is 2.51. The predicted molar refractivity (Wildman–Crippen MR) is 51.3 cm³/mol. The Morgan fingerprint density at radius 2 is 2.23 bits per heavy atom. The maximum atomic E-state index is 11.8. The second-order valence-corrected chi connectivity index (χ2v) is 4.61. The molecular weight excluding hydrogens is 164 g/mol. The monoisotopic (exact) mass is 182 g/mol. The first-order valence-corrected chi connectivity index (χ1v) is 5.08. The Labute approximate surface area is 79.5 Å². The molecule has 1 aliphatic carbocycles. The van der Waals surface area contributed by atoms with Gasteiger partial charge in [-0.15, -0.1) is 0 Å². The summed E-state index contributed by atoms with van der Waals surface area (Å²) in [5.41, 5.74) is 0.335. The molecule has 1 spiro atoms. The zero-order valence-electron chi connectivity index (χ0n) is 8.47. The molecule has 0 aromatic carbocycles. The van der Waals surface area contributed by atoms with Gasteiger partial charge in [-0.3, -0.25) is 4.79 Å². The van der Waals surface area contributed by atoms with E-state index in [0.717, 1.165) is 19.5 Å². The van der Waals surface area contributed by atoms with Crippen LogP contribution in [0, 0.1) is 11.3 Å². The van der Waals surface area contributed by atoms with Crippen molar-refractivity contribution in [2.75, 3.05) is 27.2 Å². The van der Waals surface area contributed by atoms with E-state index >= 15 is 0 Å². The smallest absolute Gasteiger partial charge is 0.225 e. The van der Waals surface area contributed by atoms with Gasteiger partial charge < -0.3 is 10.2 Å². The van der Waals surface area contributed by atoms with Crippen LogP contribution in [-0.4, -0.2) is 38.0 Å². The minimum atomic E-state index is 0.303. The fourth-order valence-electron chi connectivity index (χ4n) is 2.67. The van der Waals surface area contributed by atoms with Crippen molar-refractivity contribution in [2.45, 2.75) is 19.3 Å². The summed E-state index contributed by atoms with van der Waals surface area (Å²) < 4.78 is 0. The topological polar surface area (TPSA) is 32.3 Å². The van der Waals surface area contributed by atoms with Gasteiger partial charge in [0, 0.05) is 26.6 Å². The summed E-state index contributed by atoms with van der Waals surface area (Å²) in [6, 6.07) is 0. The zero-order valence-corrected chi connectivity index (χ0v) is 8.47. The van der Waals surface area contributed by atoms with Gasteiger partial charge in [0.1, 0.15) is 0 Å². The van der Waals surface area contributed by atoms with Gasteiger partial charge in [-0.25, -0.2) is 0 Å². The molecule has 2 unspecified atom stereocenters. The van der Waals surface area contributed by atoms with Crippen LogP contribution in [0.25, 0.3) is 0 Å². The average Bonchev–Trinajstić information content (AvgIpc) is 2.52. The van der Waals surface area contributed by atoms with E-state index in [2.05, 4.69) is 5.32 Å². The highest BCUT2D eigenvalue weighted by molar-refractivity contribution is 5.80. The molecule has 74 valence electrons. The summed E-state index contributed by atoms with van der Waals surface area (Å²) in [5.74, 6) is 0.632. The van der Waals surface area contributed by atoms with E-state index in [1.807, 2.05) is 14.1 Å². The zero-order chi connectivity index (χ0) is 9.47. The molecule has 0 aromatic rings. The van der Waals surface area contributed by atoms with Crippen LogP contribution in [0.2, 0.25) is 0 Å². The number of nitrogens with zero attached hydrogens (tertiary/aromatic N) is 1. The SMILES string of the molecule is CN(C)C(=O)C1CCC12CCNC2. The van der Waals surface area contributed by atoms with Crippen LogP contribution < -0.4 is 5.32 Å². The molecule has 0 bridgehead atoms. The van der Waals surface area contributed by atoms with Crippen molar-refractivity contribution in [1.29, 1.82) is 0 Å². The van der Waals surface area contributed by atoms with Gasteiger partial charge >= 0.3 is 0 Å². The van der Waals surface area contributed by atoms with Gasteiger partial charge in [0.05, 0.1) is 0 Å². The minimum Gasteiger partial charge on any atom is -0.349 e. The Morgan fingerprint density at radius 3 is 2.62 bits per heavy atom. The van der Waals surface area contributed by atoms with Crippen LogP contribution in [0.4, 0.5) is 0 Å². The number of hydrogen-bond acceptors (Lipinski definition) is 2. The van der Waals surface area contributed by atoms with E-state index < -0.39 is 0 Å². The molecule has 1 saturated carbocycles. The Balaban J connectivity index is 2.05. The normalized spacial score (nSPS) is 37.5. The van der Waals surface area contributed by atoms with Crippen LogP contribution in [-0.2, 0) is 4.79 Å². The van der Waals surface area contributed by atoms with Crippen molar-refractivity contribution in [3.8, 4) is 0 Å². The third kappa shape index (κ3) is 1.26. The minimum absolute atomic E-state index is 0.303. The van der Waals surface area contributed by atoms with E-state index in [4.69, 9.17) is 0 Å². The number of amides is 1. The van der Waals surface area contributed by atoms with Crippen LogP contribution in [0.5, 0.6) is 0 Å². The summed E-state index contributed by atoms with van der Waals surface area (Å²) >= 11 is 0. The Kier molecular flexibility index (Phi) is 2.06. The van der Waals surface area contributed by atoms with E-state index in [1.165, 1.54) is 12.8 Å². The molecule has 2 aliphatic rings. The Hall–Kier alpha value is -0.570. The van der Waals surface area contributed by atoms with E-state index in [9.17, 15) is 4.79 Å². The predicted octanol–water partition coefficient (Wildman–Crippen LogP) is 0.464. The molecule has 0 aromatic heterocycles. The lowest BCUT2D eigenvalue weighted by molar-refractivity contribution is -0.143. The molecule has 1 saturated heterocycles. The third-order valence-electron chi connectivity index (χ3n) is 3.69. The van der Waals surface area contributed by atoms with E-state index in [1.54, 1.807) is 4.90 Å². The fourth-order valence-corrected chi connectivity index (χ4v) is 2.67. The first-order chi connectivity index (χ1) is 6.16. The molecule has 3 nitrogen and oxygen atoms in total. The van der Waals surface area contributed by atoms with Crippen molar-refractivity contribution >= 4 is 5.91 Å². The number of rotatable bonds is 1. The summed E-state index contributed by atoms with van der Waals surface area (Å²) in [4.78, 5) is 13.5. The van der Waals surface area contributed by atoms with Crippen molar-refractivity contribution < 1.29 is 4.79 Å². The Bertz CT molecular complexity index is 219. The van der Waals surface area contributed by atoms with Crippen LogP contribution in [0.3, 0.4) is 0 Å². The van der Waals surface area contributed by atoms with Gasteiger partial charge in [0.25, 0.3) is 0 Å². The van der Waals surface area contributed by atoms with Crippen molar-refractivity contribution in [3.63, 3.8) is 0 Å². The largest absolute Gasteiger partial charge is 0.349 e. The lowest BCUT2D eigenvalue weighted by atomic mass is 9.59. The first-order valence-electron chi connectivity index (χ1n) is 5.08. The molecule has 2 rings (SSSR count). The fraction of sp³-hybridized carbons (Fsp3) is 0.900. The van der Waals surface area contributed by atoms with E-state index in [0.29, 0.717) is 17.2 Å². The van der Waals surface area contributed by atoms with E-state index in [-0.39, 0.29) is 0 Å². The number of carbonyl (C=O) groups excluding carboxylic acids is 1. The van der Waals surface area contributed by atoms with Crippen LogP contribution in [0.15, 0.2) is 0 Å². The molecule has 1 amide bonds. The summed E-state index contributed by atoms with van der Waals surface area (Å²) in [6.07, 6.45) is 3.53. The molecule has 1 N–H and O–H groups in total. The van der Waals surface area contributed by atoms with Crippen LogP contribution >= 0.6 is 0 Å². The van der Waals surface area contributed by atoms with Crippen molar-refractivity contribution in [2.24, 2.45) is 11.3 Å². The third-order valence-corrected chi connectivity index (χ3v) is 3.69. The van der Waals surface area contributed by atoms with Gasteiger partial charge in [0.2, 0.25) is 5.91 Å². The van der Waals surface area contributed by atoms with Crippen LogP contribution in [0.1, 0.15) is 19.3 Å². The molecule has 1 aliphatic heterocycles. The van der Waals surface area contributed by atoms with Gasteiger partial charge in [-0.05, 0) is 31.2 Å². The quantitative estimate of drug-likeness (QED) is 0.639. The van der Waals surface area contributed by atoms with Crippen molar-refractivity contribution in [3.05, 3.63) is 0 Å². The van der Waals surface area contributed by atoms with Gasteiger partial charge in [0.15, 0.2) is 0 Å². The Morgan fingerprint density at radius 1 is 1.46 bits per heavy atom.